The first-order chi connectivity index (χ1) is 7.59. The molecule has 0 aliphatic heterocycles. The van der Waals surface area contributed by atoms with E-state index in [1.807, 2.05) is 12.2 Å². The molecule has 1 N–H and O–H groups in total. The molecule has 1 heterocycles. The SMILES string of the molecule is CC(C)CNC/C=C/c1ccc([N+](=O)[O-])s1. The van der Waals surface area contributed by atoms with E-state index in [1.54, 1.807) is 6.07 Å². The van der Waals surface area contributed by atoms with Gasteiger partial charge in [0.1, 0.15) is 0 Å². The molecule has 0 aliphatic carbocycles. The van der Waals surface area contributed by atoms with E-state index in [4.69, 9.17) is 0 Å². The molecule has 16 heavy (non-hydrogen) atoms. The molecule has 0 fully saturated rings. The first kappa shape index (κ1) is 12.9. The number of hydrogen-bond donors (Lipinski definition) is 1. The van der Waals surface area contributed by atoms with E-state index in [0.29, 0.717) is 5.92 Å². The van der Waals surface area contributed by atoms with E-state index in [2.05, 4.69) is 19.2 Å². The van der Waals surface area contributed by atoms with Crippen molar-refractivity contribution in [2.45, 2.75) is 13.8 Å². The zero-order chi connectivity index (χ0) is 12.0. The highest BCUT2D eigenvalue weighted by Crippen LogP contribution is 2.24. The fourth-order valence-electron chi connectivity index (χ4n) is 1.16. The third-order valence-corrected chi connectivity index (χ3v) is 2.89. The second kappa shape index (κ2) is 6.40. The number of nitrogens with zero attached hydrogens (tertiary/aromatic N) is 1. The smallest absolute Gasteiger partial charge is 0.313 e. The Morgan fingerprint density at radius 3 is 2.88 bits per heavy atom. The van der Waals surface area contributed by atoms with Gasteiger partial charge in [-0.1, -0.05) is 31.3 Å². The summed E-state index contributed by atoms with van der Waals surface area (Å²) in [5, 5.41) is 13.9. The standard InChI is InChI=1S/C11H16N2O2S/c1-9(2)8-12-7-3-4-10-5-6-11(16-10)13(14)15/h3-6,9,12H,7-8H2,1-2H3/b4-3+. The minimum Gasteiger partial charge on any atom is -0.313 e. The van der Waals surface area contributed by atoms with Crippen molar-refractivity contribution in [1.29, 1.82) is 0 Å². The summed E-state index contributed by atoms with van der Waals surface area (Å²) in [7, 11) is 0. The van der Waals surface area contributed by atoms with Gasteiger partial charge in [0.25, 0.3) is 0 Å². The minimum absolute atomic E-state index is 0.190. The van der Waals surface area contributed by atoms with Crippen molar-refractivity contribution in [2.75, 3.05) is 13.1 Å². The lowest BCUT2D eigenvalue weighted by atomic mass is 10.2. The molecular weight excluding hydrogens is 224 g/mol. The van der Waals surface area contributed by atoms with E-state index < -0.39 is 0 Å². The molecule has 0 spiro atoms. The summed E-state index contributed by atoms with van der Waals surface area (Å²) >= 11 is 1.19. The van der Waals surface area contributed by atoms with Crippen LogP contribution in [0.25, 0.3) is 6.08 Å². The molecule has 1 aromatic heterocycles. The largest absolute Gasteiger partial charge is 0.324 e. The highest BCUT2D eigenvalue weighted by molar-refractivity contribution is 7.16. The molecule has 0 saturated heterocycles. The summed E-state index contributed by atoms with van der Waals surface area (Å²) in [5.41, 5.74) is 0. The van der Waals surface area contributed by atoms with Gasteiger partial charge < -0.3 is 5.32 Å². The topological polar surface area (TPSA) is 55.2 Å². The van der Waals surface area contributed by atoms with Crippen molar-refractivity contribution in [2.24, 2.45) is 5.92 Å². The Morgan fingerprint density at radius 2 is 2.31 bits per heavy atom. The van der Waals surface area contributed by atoms with Crippen LogP contribution in [-0.4, -0.2) is 18.0 Å². The Hall–Kier alpha value is -1.20. The molecule has 0 saturated carbocycles. The lowest BCUT2D eigenvalue weighted by molar-refractivity contribution is -0.380. The minimum atomic E-state index is -0.362. The molecule has 0 aliphatic rings. The Balaban J connectivity index is 2.35. The summed E-state index contributed by atoms with van der Waals surface area (Å²) < 4.78 is 0. The molecule has 0 bridgehead atoms. The van der Waals surface area contributed by atoms with Crippen LogP contribution in [0.1, 0.15) is 18.7 Å². The van der Waals surface area contributed by atoms with Gasteiger partial charge in [-0.25, -0.2) is 0 Å². The molecule has 0 aromatic carbocycles. The first-order valence-electron chi connectivity index (χ1n) is 5.21. The van der Waals surface area contributed by atoms with E-state index in [1.165, 1.54) is 17.4 Å². The van der Waals surface area contributed by atoms with Crippen molar-refractivity contribution < 1.29 is 4.92 Å². The van der Waals surface area contributed by atoms with Crippen molar-refractivity contribution in [3.05, 3.63) is 33.2 Å². The lowest BCUT2D eigenvalue weighted by Gasteiger charge is -2.03. The fourth-order valence-corrected chi connectivity index (χ4v) is 1.91. The average molecular weight is 240 g/mol. The van der Waals surface area contributed by atoms with Crippen LogP contribution in [0, 0.1) is 16.0 Å². The molecule has 4 nitrogen and oxygen atoms in total. The van der Waals surface area contributed by atoms with Crippen molar-refractivity contribution >= 4 is 22.4 Å². The zero-order valence-corrected chi connectivity index (χ0v) is 10.3. The molecule has 0 unspecified atom stereocenters. The molecule has 5 heteroatoms. The number of hydrogen-bond acceptors (Lipinski definition) is 4. The maximum Gasteiger partial charge on any atom is 0.324 e. The van der Waals surface area contributed by atoms with Gasteiger partial charge in [0.15, 0.2) is 0 Å². The molecule has 1 rings (SSSR count). The van der Waals surface area contributed by atoms with Gasteiger partial charge in [-0.2, -0.15) is 0 Å². The van der Waals surface area contributed by atoms with Gasteiger partial charge in [0.05, 0.1) is 4.92 Å². The van der Waals surface area contributed by atoms with Crippen LogP contribution in [0.5, 0.6) is 0 Å². The predicted molar refractivity (Wildman–Crippen MR) is 67.7 cm³/mol. The van der Waals surface area contributed by atoms with E-state index >= 15 is 0 Å². The van der Waals surface area contributed by atoms with Gasteiger partial charge in [0, 0.05) is 17.5 Å². The van der Waals surface area contributed by atoms with Crippen LogP contribution in [0.3, 0.4) is 0 Å². The highest BCUT2D eigenvalue weighted by Gasteiger charge is 2.07. The van der Waals surface area contributed by atoms with Crippen molar-refractivity contribution in [3.8, 4) is 0 Å². The summed E-state index contributed by atoms with van der Waals surface area (Å²) in [6, 6.07) is 3.30. The Kier molecular flexibility index (Phi) is 5.14. The van der Waals surface area contributed by atoms with E-state index in [0.717, 1.165) is 18.0 Å². The Bertz CT molecular complexity index is 372. The van der Waals surface area contributed by atoms with Gasteiger partial charge in [0.2, 0.25) is 0 Å². The van der Waals surface area contributed by atoms with Crippen LogP contribution >= 0.6 is 11.3 Å². The van der Waals surface area contributed by atoms with Crippen LogP contribution in [0.15, 0.2) is 18.2 Å². The van der Waals surface area contributed by atoms with Gasteiger partial charge in [-0.15, -0.1) is 0 Å². The molecule has 0 radical (unpaired) electrons. The summed E-state index contributed by atoms with van der Waals surface area (Å²) in [5.74, 6) is 0.635. The molecule has 0 amide bonds. The molecule has 0 atom stereocenters. The summed E-state index contributed by atoms with van der Waals surface area (Å²) in [4.78, 5) is 11.0. The van der Waals surface area contributed by atoms with Crippen molar-refractivity contribution in [1.82, 2.24) is 5.32 Å². The van der Waals surface area contributed by atoms with E-state index in [9.17, 15) is 10.1 Å². The molecule has 1 aromatic rings. The summed E-state index contributed by atoms with van der Waals surface area (Å²) in [6.45, 7) is 6.08. The second-order valence-electron chi connectivity index (χ2n) is 3.89. The number of nitrogens with one attached hydrogen (secondary N) is 1. The van der Waals surface area contributed by atoms with Gasteiger partial charge in [-0.05, 0) is 24.6 Å². The average Bonchev–Trinajstić information content (AvgIpc) is 2.65. The van der Waals surface area contributed by atoms with Gasteiger partial charge in [-0.3, -0.25) is 10.1 Å². The lowest BCUT2D eigenvalue weighted by Crippen LogP contribution is -2.19. The van der Waals surface area contributed by atoms with Crippen molar-refractivity contribution in [3.63, 3.8) is 0 Å². The molecular formula is C11H16N2O2S. The quantitative estimate of drug-likeness (QED) is 0.472. The van der Waals surface area contributed by atoms with Crippen LogP contribution in [0.4, 0.5) is 5.00 Å². The fraction of sp³-hybridized carbons (Fsp3) is 0.455. The Morgan fingerprint density at radius 1 is 1.56 bits per heavy atom. The predicted octanol–water partition coefficient (Wildman–Crippen LogP) is 2.92. The number of thiophene rings is 1. The number of rotatable bonds is 6. The maximum atomic E-state index is 10.4. The van der Waals surface area contributed by atoms with Crippen LogP contribution in [-0.2, 0) is 0 Å². The zero-order valence-electron chi connectivity index (χ0n) is 9.47. The number of nitro groups is 1. The monoisotopic (exact) mass is 240 g/mol. The third-order valence-electron chi connectivity index (χ3n) is 1.89. The van der Waals surface area contributed by atoms with Crippen LogP contribution in [0.2, 0.25) is 0 Å². The second-order valence-corrected chi connectivity index (χ2v) is 4.98. The maximum absolute atomic E-state index is 10.4. The van der Waals surface area contributed by atoms with Crippen LogP contribution < -0.4 is 5.32 Å². The Labute approximate surface area is 99.1 Å². The first-order valence-corrected chi connectivity index (χ1v) is 6.02. The van der Waals surface area contributed by atoms with Gasteiger partial charge >= 0.3 is 5.00 Å². The normalized spacial score (nSPS) is 11.4. The third kappa shape index (κ3) is 4.55. The van der Waals surface area contributed by atoms with E-state index in [-0.39, 0.29) is 9.92 Å². The molecule has 88 valence electrons. The summed E-state index contributed by atoms with van der Waals surface area (Å²) in [6.07, 6.45) is 3.89. The highest BCUT2D eigenvalue weighted by atomic mass is 32.1.